The van der Waals surface area contributed by atoms with Gasteiger partial charge >= 0.3 is 0 Å². The Morgan fingerprint density at radius 2 is 2.10 bits per heavy atom. The normalized spacial score (nSPS) is 16.9. The third-order valence-corrected chi connectivity index (χ3v) is 5.32. The van der Waals surface area contributed by atoms with Crippen LogP contribution in [0.5, 0.6) is 0 Å². The first kappa shape index (κ1) is 7.07. The van der Waals surface area contributed by atoms with E-state index in [4.69, 9.17) is 0 Å². The summed E-state index contributed by atoms with van der Waals surface area (Å²) in [7, 11) is 0. The Morgan fingerprint density at radius 3 is 2.90 bits per heavy atom. The maximum absolute atomic E-state index is 2.28. The van der Waals surface area contributed by atoms with Gasteiger partial charge in [-0.15, -0.1) is 34.9 Å². The Hall–Kier alpha value is 0.400. The van der Waals surface area contributed by atoms with Crippen LogP contribution in [0.25, 0.3) is 0 Å². The van der Waals surface area contributed by atoms with E-state index in [0.29, 0.717) is 0 Å². The molecule has 0 aromatic carbocycles. The fourth-order valence-electron chi connectivity index (χ4n) is 0.990. The van der Waals surface area contributed by atoms with Crippen LogP contribution in [0.1, 0.15) is 4.88 Å². The molecule has 0 amide bonds. The topological polar surface area (TPSA) is 0 Å². The summed E-state index contributed by atoms with van der Waals surface area (Å²) in [4.78, 5) is 4.55. The van der Waals surface area contributed by atoms with E-state index >= 15 is 0 Å². The van der Waals surface area contributed by atoms with Gasteiger partial charge in [0.05, 0.1) is 0 Å². The van der Waals surface area contributed by atoms with Gasteiger partial charge in [-0.25, -0.2) is 0 Å². The molecule has 0 atom stereocenters. The molecule has 0 aliphatic carbocycles. The predicted molar refractivity (Wildman–Crippen MR) is 50.5 cm³/mol. The Bertz CT molecular complexity index is 239. The van der Waals surface area contributed by atoms with Crippen molar-refractivity contribution in [2.45, 2.75) is 16.7 Å². The molecule has 0 radical (unpaired) electrons. The van der Waals surface area contributed by atoms with Crippen LogP contribution in [0.15, 0.2) is 15.2 Å². The van der Waals surface area contributed by atoms with Crippen molar-refractivity contribution in [2.75, 3.05) is 11.5 Å². The van der Waals surface area contributed by atoms with Crippen LogP contribution < -0.4 is 0 Å². The lowest BCUT2D eigenvalue weighted by atomic mass is 10.5. The van der Waals surface area contributed by atoms with Gasteiger partial charge in [-0.2, -0.15) is 0 Å². The highest BCUT2D eigenvalue weighted by Gasteiger charge is 2.13. The molecule has 54 valence electrons. The smallest absolute Gasteiger partial charge is 0.0345 e. The standard InChI is InChI=1S/C7H8S3/c1-5-7-6(4-10-5)8-2-3-9-7/h4H,2-3H2,1H3. The second-order valence-corrected chi connectivity index (χ2v) is 5.51. The molecule has 3 heteroatoms. The van der Waals surface area contributed by atoms with Crippen molar-refractivity contribution in [3.05, 3.63) is 10.3 Å². The van der Waals surface area contributed by atoms with Gasteiger partial charge in [-0.3, -0.25) is 0 Å². The molecule has 0 saturated carbocycles. The molecular weight excluding hydrogens is 180 g/mol. The van der Waals surface area contributed by atoms with Crippen molar-refractivity contribution in [3.63, 3.8) is 0 Å². The summed E-state index contributed by atoms with van der Waals surface area (Å²) in [6.45, 7) is 2.21. The summed E-state index contributed by atoms with van der Waals surface area (Å²) in [5, 5.41) is 2.28. The molecule has 0 saturated heterocycles. The molecule has 10 heavy (non-hydrogen) atoms. The molecule has 2 rings (SSSR count). The van der Waals surface area contributed by atoms with Gasteiger partial charge in [0.2, 0.25) is 0 Å². The van der Waals surface area contributed by atoms with E-state index in [1.54, 1.807) is 4.90 Å². The van der Waals surface area contributed by atoms with Crippen LogP contribution in [-0.4, -0.2) is 11.5 Å². The number of rotatable bonds is 0. The van der Waals surface area contributed by atoms with Crippen molar-refractivity contribution in [1.29, 1.82) is 0 Å². The summed E-state index contributed by atoms with van der Waals surface area (Å²) in [6, 6.07) is 0. The Balaban J connectivity index is 2.45. The van der Waals surface area contributed by atoms with Crippen LogP contribution >= 0.6 is 34.9 Å². The van der Waals surface area contributed by atoms with E-state index in [9.17, 15) is 0 Å². The summed E-state index contributed by atoms with van der Waals surface area (Å²) < 4.78 is 0. The fraction of sp³-hybridized carbons (Fsp3) is 0.429. The largest absolute Gasteiger partial charge is 0.147 e. The molecule has 0 spiro atoms. The Morgan fingerprint density at radius 1 is 1.30 bits per heavy atom. The van der Waals surface area contributed by atoms with Gasteiger partial charge in [0.25, 0.3) is 0 Å². The average Bonchev–Trinajstić information content (AvgIpc) is 2.34. The van der Waals surface area contributed by atoms with E-state index in [1.807, 2.05) is 34.9 Å². The van der Waals surface area contributed by atoms with E-state index in [-0.39, 0.29) is 0 Å². The Kier molecular flexibility index (Phi) is 1.98. The molecular formula is C7H8S3. The van der Waals surface area contributed by atoms with Crippen molar-refractivity contribution in [2.24, 2.45) is 0 Å². The molecule has 1 aliphatic rings. The molecule has 1 aromatic heterocycles. The monoisotopic (exact) mass is 188 g/mol. The third kappa shape index (κ3) is 1.11. The lowest BCUT2D eigenvalue weighted by Gasteiger charge is -2.09. The van der Waals surface area contributed by atoms with Gasteiger partial charge in [-0.05, 0) is 6.92 Å². The minimum absolute atomic E-state index is 1.29. The number of fused-ring (bicyclic) bond motifs is 1. The zero-order valence-corrected chi connectivity index (χ0v) is 8.17. The quantitative estimate of drug-likeness (QED) is 0.613. The first-order valence-electron chi connectivity index (χ1n) is 3.21. The summed E-state index contributed by atoms with van der Waals surface area (Å²) in [5.74, 6) is 2.57. The number of thiophene rings is 1. The fourth-order valence-corrected chi connectivity index (χ4v) is 4.62. The van der Waals surface area contributed by atoms with Gasteiger partial charge in [0.15, 0.2) is 0 Å². The highest BCUT2D eigenvalue weighted by Crippen LogP contribution is 2.41. The van der Waals surface area contributed by atoms with E-state index in [2.05, 4.69) is 12.3 Å². The lowest BCUT2D eigenvalue weighted by Crippen LogP contribution is -1.90. The van der Waals surface area contributed by atoms with Crippen LogP contribution in [-0.2, 0) is 0 Å². The first-order valence-corrected chi connectivity index (χ1v) is 6.06. The number of aryl methyl sites for hydroxylation is 1. The van der Waals surface area contributed by atoms with Gasteiger partial charge < -0.3 is 0 Å². The van der Waals surface area contributed by atoms with Crippen LogP contribution in [0.3, 0.4) is 0 Å². The highest BCUT2D eigenvalue weighted by molar-refractivity contribution is 8.05. The van der Waals surface area contributed by atoms with Crippen molar-refractivity contribution in [3.8, 4) is 0 Å². The zero-order chi connectivity index (χ0) is 6.97. The summed E-state index contributed by atoms with van der Waals surface area (Å²) in [5.41, 5.74) is 0. The molecule has 0 bridgehead atoms. The second kappa shape index (κ2) is 2.80. The minimum atomic E-state index is 1.29. The lowest BCUT2D eigenvalue weighted by molar-refractivity contribution is 1.24. The number of hydrogen-bond donors (Lipinski definition) is 0. The van der Waals surface area contributed by atoms with Crippen molar-refractivity contribution < 1.29 is 0 Å². The SMILES string of the molecule is Cc1scc2c1SCCS2. The highest BCUT2D eigenvalue weighted by atomic mass is 32.2. The zero-order valence-electron chi connectivity index (χ0n) is 5.72. The molecule has 1 aliphatic heterocycles. The average molecular weight is 188 g/mol. The van der Waals surface area contributed by atoms with Gasteiger partial charge in [0, 0.05) is 31.6 Å². The van der Waals surface area contributed by atoms with Crippen molar-refractivity contribution >= 4 is 34.9 Å². The first-order chi connectivity index (χ1) is 4.88. The summed E-state index contributed by atoms with van der Waals surface area (Å²) in [6.07, 6.45) is 0. The molecule has 1 aromatic rings. The van der Waals surface area contributed by atoms with Gasteiger partial charge in [0.1, 0.15) is 0 Å². The van der Waals surface area contributed by atoms with E-state index in [1.165, 1.54) is 21.3 Å². The number of thioether (sulfide) groups is 2. The molecule has 0 unspecified atom stereocenters. The molecule has 0 fully saturated rings. The van der Waals surface area contributed by atoms with E-state index < -0.39 is 0 Å². The summed E-state index contributed by atoms with van der Waals surface area (Å²) >= 11 is 5.89. The molecule has 0 nitrogen and oxygen atoms in total. The Labute approximate surface area is 73.4 Å². The number of hydrogen-bond acceptors (Lipinski definition) is 3. The molecule has 2 heterocycles. The van der Waals surface area contributed by atoms with Crippen LogP contribution in [0.4, 0.5) is 0 Å². The maximum atomic E-state index is 2.28. The maximum Gasteiger partial charge on any atom is 0.0345 e. The third-order valence-electron chi connectivity index (χ3n) is 1.47. The van der Waals surface area contributed by atoms with Gasteiger partial charge in [-0.1, -0.05) is 0 Å². The van der Waals surface area contributed by atoms with Crippen LogP contribution in [0.2, 0.25) is 0 Å². The predicted octanol–water partition coefficient (Wildman–Crippen LogP) is 3.25. The minimum Gasteiger partial charge on any atom is -0.147 e. The second-order valence-electron chi connectivity index (χ2n) is 2.18. The van der Waals surface area contributed by atoms with E-state index in [0.717, 1.165) is 0 Å². The van der Waals surface area contributed by atoms with Crippen molar-refractivity contribution in [1.82, 2.24) is 0 Å². The molecule has 0 N–H and O–H groups in total. The van der Waals surface area contributed by atoms with Crippen LogP contribution in [0, 0.1) is 6.92 Å².